The summed E-state index contributed by atoms with van der Waals surface area (Å²) >= 11 is 0. The largest absolute Gasteiger partial charge is 0.367 e. The molecule has 1 amide bonds. The van der Waals surface area contributed by atoms with Crippen LogP contribution in [0.15, 0.2) is 24.5 Å². The van der Waals surface area contributed by atoms with Crippen molar-refractivity contribution in [1.82, 2.24) is 14.8 Å². The van der Waals surface area contributed by atoms with E-state index in [-0.39, 0.29) is 24.2 Å². The average Bonchev–Trinajstić information content (AvgIpc) is 2.95. The summed E-state index contributed by atoms with van der Waals surface area (Å²) in [5, 5.41) is 3.86. The first kappa shape index (κ1) is 11.6. The number of rotatable bonds is 2. The lowest BCUT2D eigenvalue weighted by molar-refractivity contribution is -0.119. The molecule has 2 heterocycles. The van der Waals surface area contributed by atoms with E-state index in [9.17, 15) is 9.18 Å². The molecule has 0 unspecified atom stereocenters. The number of anilines is 2. The number of hydrogen-bond acceptors (Lipinski definition) is 4. The molecule has 0 aliphatic carbocycles. The number of carbonyl (C=O) groups excluding carboxylic acids is 1. The molecule has 1 aromatic heterocycles. The Balaban J connectivity index is 1.81. The van der Waals surface area contributed by atoms with Crippen molar-refractivity contribution >= 4 is 17.5 Å². The van der Waals surface area contributed by atoms with Crippen LogP contribution < -0.4 is 10.6 Å². The summed E-state index contributed by atoms with van der Waals surface area (Å²) in [6.07, 6.45) is 2.14. The zero-order valence-electron chi connectivity index (χ0n) is 10.1. The highest BCUT2D eigenvalue weighted by Gasteiger charge is 2.25. The number of nitrogens with two attached hydrogens (primary N) is 1. The highest BCUT2D eigenvalue weighted by atomic mass is 19.1. The van der Waals surface area contributed by atoms with E-state index < -0.39 is 0 Å². The van der Waals surface area contributed by atoms with Gasteiger partial charge in [-0.1, -0.05) is 6.07 Å². The van der Waals surface area contributed by atoms with Crippen LogP contribution in [0.2, 0.25) is 0 Å². The second kappa shape index (κ2) is 4.34. The number of benzene rings is 1. The van der Waals surface area contributed by atoms with Gasteiger partial charge in [0.05, 0.1) is 0 Å². The lowest BCUT2D eigenvalue weighted by Gasteiger charge is -2.17. The summed E-state index contributed by atoms with van der Waals surface area (Å²) in [5.74, 6) is -0.377. The Hall–Kier alpha value is -2.44. The Morgan fingerprint density at radius 3 is 3.05 bits per heavy atom. The molecule has 0 spiro atoms. The van der Waals surface area contributed by atoms with Crippen molar-refractivity contribution in [2.45, 2.75) is 13.0 Å². The SMILES string of the molecule is Nc1ncn(CC(=O)N2CCc3ccc(F)cc32)n1. The summed E-state index contributed by atoms with van der Waals surface area (Å²) in [6.45, 7) is 0.599. The molecule has 0 saturated heterocycles. The van der Waals surface area contributed by atoms with Gasteiger partial charge in [-0.3, -0.25) is 4.79 Å². The minimum Gasteiger partial charge on any atom is -0.367 e. The zero-order chi connectivity index (χ0) is 13.4. The van der Waals surface area contributed by atoms with Gasteiger partial charge in [-0.2, -0.15) is 0 Å². The number of aromatic nitrogens is 3. The van der Waals surface area contributed by atoms with Gasteiger partial charge >= 0.3 is 0 Å². The third kappa shape index (κ3) is 2.14. The van der Waals surface area contributed by atoms with Crippen molar-refractivity contribution in [2.75, 3.05) is 17.2 Å². The molecule has 6 nitrogen and oxygen atoms in total. The van der Waals surface area contributed by atoms with Crippen molar-refractivity contribution in [3.63, 3.8) is 0 Å². The molecule has 19 heavy (non-hydrogen) atoms. The highest BCUT2D eigenvalue weighted by Crippen LogP contribution is 2.28. The van der Waals surface area contributed by atoms with E-state index in [1.165, 1.54) is 23.1 Å². The molecular weight excluding hydrogens is 249 g/mol. The van der Waals surface area contributed by atoms with Crippen molar-refractivity contribution in [3.05, 3.63) is 35.9 Å². The van der Waals surface area contributed by atoms with E-state index in [0.29, 0.717) is 12.2 Å². The Labute approximate surface area is 108 Å². The minimum atomic E-state index is -0.344. The maximum absolute atomic E-state index is 13.2. The van der Waals surface area contributed by atoms with Gasteiger partial charge < -0.3 is 10.6 Å². The van der Waals surface area contributed by atoms with Gasteiger partial charge in [-0.05, 0) is 24.1 Å². The van der Waals surface area contributed by atoms with Crippen LogP contribution in [0.1, 0.15) is 5.56 Å². The maximum atomic E-state index is 13.2. The summed E-state index contributed by atoms with van der Waals surface area (Å²) < 4.78 is 14.6. The van der Waals surface area contributed by atoms with E-state index in [4.69, 9.17) is 5.73 Å². The molecule has 2 N–H and O–H groups in total. The van der Waals surface area contributed by atoms with Crippen molar-refractivity contribution in [2.24, 2.45) is 0 Å². The third-order valence-electron chi connectivity index (χ3n) is 3.10. The Kier molecular flexibility index (Phi) is 2.66. The van der Waals surface area contributed by atoms with Crippen LogP contribution in [0.3, 0.4) is 0 Å². The van der Waals surface area contributed by atoms with E-state index >= 15 is 0 Å². The first-order chi connectivity index (χ1) is 9.13. The van der Waals surface area contributed by atoms with Gasteiger partial charge in [0.25, 0.3) is 0 Å². The molecule has 1 aliphatic rings. The Bertz CT molecular complexity index is 639. The monoisotopic (exact) mass is 261 g/mol. The molecule has 98 valence electrons. The van der Waals surface area contributed by atoms with Crippen molar-refractivity contribution < 1.29 is 9.18 Å². The molecule has 0 fully saturated rings. The minimum absolute atomic E-state index is 0.0418. The maximum Gasteiger partial charge on any atom is 0.248 e. The summed E-state index contributed by atoms with van der Waals surface area (Å²) in [6, 6.07) is 4.51. The average molecular weight is 261 g/mol. The molecule has 2 aromatic rings. The number of hydrogen-bond donors (Lipinski definition) is 1. The normalized spacial score (nSPS) is 13.6. The molecule has 1 aliphatic heterocycles. The summed E-state index contributed by atoms with van der Waals surface area (Å²) in [4.78, 5) is 17.5. The predicted octanol–water partition coefficient (Wildman–Crippen LogP) is 0.589. The topological polar surface area (TPSA) is 77.0 Å². The Morgan fingerprint density at radius 2 is 2.32 bits per heavy atom. The smallest absolute Gasteiger partial charge is 0.248 e. The van der Waals surface area contributed by atoms with Gasteiger partial charge in [-0.15, -0.1) is 5.10 Å². The molecular formula is C12H12FN5O. The molecule has 3 rings (SSSR count). The number of carbonyl (C=O) groups is 1. The van der Waals surface area contributed by atoms with E-state index in [1.807, 2.05) is 0 Å². The molecule has 0 radical (unpaired) electrons. The van der Waals surface area contributed by atoms with Gasteiger partial charge in [0, 0.05) is 12.2 Å². The van der Waals surface area contributed by atoms with Crippen LogP contribution in [0.4, 0.5) is 16.0 Å². The van der Waals surface area contributed by atoms with Crippen LogP contribution in [0.5, 0.6) is 0 Å². The number of amides is 1. The van der Waals surface area contributed by atoms with Crippen molar-refractivity contribution in [1.29, 1.82) is 0 Å². The second-order valence-corrected chi connectivity index (χ2v) is 4.37. The number of fused-ring (bicyclic) bond motifs is 1. The van der Waals surface area contributed by atoms with Gasteiger partial charge in [0.1, 0.15) is 18.7 Å². The molecule has 1 aromatic carbocycles. The second-order valence-electron chi connectivity index (χ2n) is 4.37. The predicted molar refractivity (Wildman–Crippen MR) is 66.9 cm³/mol. The standard InChI is InChI=1S/C12H12FN5O/c13-9-2-1-8-3-4-18(10(8)5-9)11(19)6-17-7-15-12(14)16-17/h1-2,5,7H,3-4,6H2,(H2,14,16). The van der Waals surface area contributed by atoms with Gasteiger partial charge in [0.2, 0.25) is 11.9 Å². The zero-order valence-corrected chi connectivity index (χ0v) is 10.1. The molecule has 0 bridgehead atoms. The molecule has 0 atom stereocenters. The van der Waals surface area contributed by atoms with Crippen LogP contribution in [0.25, 0.3) is 0 Å². The summed E-state index contributed by atoms with van der Waals surface area (Å²) in [7, 11) is 0. The van der Waals surface area contributed by atoms with Crippen LogP contribution in [-0.2, 0) is 17.8 Å². The quantitative estimate of drug-likeness (QED) is 0.858. The van der Waals surface area contributed by atoms with E-state index in [2.05, 4.69) is 10.1 Å². The third-order valence-corrected chi connectivity index (χ3v) is 3.10. The van der Waals surface area contributed by atoms with Crippen LogP contribution in [-0.4, -0.2) is 27.2 Å². The fraction of sp³-hybridized carbons (Fsp3) is 0.250. The Morgan fingerprint density at radius 1 is 1.47 bits per heavy atom. The van der Waals surface area contributed by atoms with Crippen LogP contribution in [0, 0.1) is 5.82 Å². The highest BCUT2D eigenvalue weighted by molar-refractivity contribution is 5.95. The first-order valence-electron chi connectivity index (χ1n) is 5.87. The van der Waals surface area contributed by atoms with Gasteiger partial charge in [-0.25, -0.2) is 14.1 Å². The van der Waals surface area contributed by atoms with Crippen molar-refractivity contribution in [3.8, 4) is 0 Å². The number of halogens is 1. The lowest BCUT2D eigenvalue weighted by atomic mass is 10.2. The summed E-state index contributed by atoms with van der Waals surface area (Å²) in [5.41, 5.74) is 7.00. The molecule has 7 heteroatoms. The number of nitrogen functional groups attached to an aromatic ring is 1. The first-order valence-corrected chi connectivity index (χ1v) is 5.87. The fourth-order valence-electron chi connectivity index (χ4n) is 2.22. The van der Waals surface area contributed by atoms with Gasteiger partial charge in [0.15, 0.2) is 0 Å². The van der Waals surface area contributed by atoms with E-state index in [1.54, 1.807) is 11.0 Å². The molecule has 0 saturated carbocycles. The lowest BCUT2D eigenvalue weighted by Crippen LogP contribution is -2.32. The van der Waals surface area contributed by atoms with Crippen LogP contribution >= 0.6 is 0 Å². The van der Waals surface area contributed by atoms with E-state index in [0.717, 1.165) is 12.0 Å². The number of nitrogens with zero attached hydrogens (tertiary/aromatic N) is 4. The fourth-order valence-corrected chi connectivity index (χ4v) is 2.22.